The van der Waals surface area contributed by atoms with Crippen LogP contribution < -0.4 is 10.6 Å². The number of hydrazone groups is 1. The molecule has 2 heterocycles. The summed E-state index contributed by atoms with van der Waals surface area (Å²) in [5.74, 6) is 0. The molecule has 0 spiro atoms. The van der Waals surface area contributed by atoms with Crippen molar-refractivity contribution < 1.29 is 8.42 Å². The molecule has 1 aromatic carbocycles. The minimum atomic E-state index is -3.65. The van der Waals surface area contributed by atoms with E-state index in [4.69, 9.17) is 5.14 Å². The molecule has 0 saturated heterocycles. The van der Waals surface area contributed by atoms with Gasteiger partial charge in [-0.2, -0.15) is 5.10 Å². The molecule has 1 aliphatic heterocycles. The van der Waals surface area contributed by atoms with Gasteiger partial charge in [0.1, 0.15) is 0 Å². The van der Waals surface area contributed by atoms with Crippen molar-refractivity contribution in [3.8, 4) is 0 Å². The highest BCUT2D eigenvalue weighted by atomic mass is 32.2. The van der Waals surface area contributed by atoms with E-state index in [0.29, 0.717) is 0 Å². The molecule has 6 nitrogen and oxygen atoms in total. The second-order valence-electron chi connectivity index (χ2n) is 4.58. The largest absolute Gasteiger partial charge is 0.346 e. The summed E-state index contributed by atoms with van der Waals surface area (Å²) in [6, 6.07) is 10.2. The Morgan fingerprint density at radius 1 is 1.20 bits per heavy atom. The van der Waals surface area contributed by atoms with Crippen LogP contribution in [0.5, 0.6) is 0 Å². The summed E-state index contributed by atoms with van der Waals surface area (Å²) in [5, 5.41) is 9.41. The monoisotopic (exact) mass is 290 g/mol. The number of anilines is 1. The third-order valence-electron chi connectivity index (χ3n) is 3.22. The van der Waals surface area contributed by atoms with E-state index in [-0.39, 0.29) is 4.90 Å². The van der Waals surface area contributed by atoms with E-state index in [1.54, 1.807) is 12.1 Å². The number of nitrogens with one attached hydrogen (secondary N) is 1. The van der Waals surface area contributed by atoms with Crippen molar-refractivity contribution >= 4 is 21.4 Å². The summed E-state index contributed by atoms with van der Waals surface area (Å²) >= 11 is 0. The zero-order valence-electron chi connectivity index (χ0n) is 10.7. The van der Waals surface area contributed by atoms with E-state index in [1.165, 1.54) is 12.1 Å². The van der Waals surface area contributed by atoms with Gasteiger partial charge in [0, 0.05) is 19.2 Å². The van der Waals surface area contributed by atoms with Crippen molar-refractivity contribution in [1.82, 2.24) is 4.57 Å². The van der Waals surface area contributed by atoms with Crippen LogP contribution >= 0.6 is 0 Å². The van der Waals surface area contributed by atoms with Crippen LogP contribution in [-0.2, 0) is 16.6 Å². The first kappa shape index (κ1) is 12.9. The molecule has 20 heavy (non-hydrogen) atoms. The van der Waals surface area contributed by atoms with E-state index < -0.39 is 10.0 Å². The minimum absolute atomic E-state index is 0.0884. The first-order valence-corrected chi connectivity index (χ1v) is 7.69. The smallest absolute Gasteiger partial charge is 0.238 e. The average Bonchev–Trinajstić information content (AvgIpc) is 2.99. The van der Waals surface area contributed by atoms with Crippen LogP contribution in [0.25, 0.3) is 0 Å². The van der Waals surface area contributed by atoms with Gasteiger partial charge in [0.25, 0.3) is 0 Å². The number of sulfonamides is 1. The third kappa shape index (κ3) is 2.45. The van der Waals surface area contributed by atoms with Crippen LogP contribution in [0.3, 0.4) is 0 Å². The predicted octanol–water partition coefficient (Wildman–Crippen LogP) is 1.36. The molecule has 3 N–H and O–H groups in total. The van der Waals surface area contributed by atoms with Crippen molar-refractivity contribution in [2.45, 2.75) is 17.9 Å². The van der Waals surface area contributed by atoms with Crippen molar-refractivity contribution in [1.29, 1.82) is 0 Å². The van der Waals surface area contributed by atoms with E-state index >= 15 is 0 Å². The topological polar surface area (TPSA) is 89.5 Å². The summed E-state index contributed by atoms with van der Waals surface area (Å²) in [6.07, 6.45) is 2.91. The molecular weight excluding hydrogens is 276 g/mol. The fraction of sp³-hybridized carbons (Fsp3) is 0.154. The number of fused-ring (bicyclic) bond motifs is 1. The van der Waals surface area contributed by atoms with Crippen molar-refractivity contribution in [2.24, 2.45) is 10.2 Å². The fourth-order valence-electron chi connectivity index (χ4n) is 2.19. The Bertz CT molecular complexity index is 760. The van der Waals surface area contributed by atoms with Gasteiger partial charge in [-0.05, 0) is 36.4 Å². The van der Waals surface area contributed by atoms with Gasteiger partial charge in [-0.3, -0.25) is 5.43 Å². The molecule has 1 aliphatic rings. The lowest BCUT2D eigenvalue weighted by atomic mass is 10.2. The van der Waals surface area contributed by atoms with E-state index in [9.17, 15) is 8.42 Å². The summed E-state index contributed by atoms with van der Waals surface area (Å²) in [5.41, 5.74) is 5.75. The molecule has 0 amide bonds. The lowest BCUT2D eigenvalue weighted by Gasteiger charge is -2.03. The molecule has 2 aromatic rings. The molecule has 0 radical (unpaired) electrons. The number of hydrogen-bond acceptors (Lipinski definition) is 4. The predicted molar refractivity (Wildman–Crippen MR) is 77.0 cm³/mol. The van der Waals surface area contributed by atoms with Crippen LogP contribution in [-0.4, -0.2) is 18.7 Å². The van der Waals surface area contributed by atoms with Crippen molar-refractivity contribution in [3.63, 3.8) is 0 Å². The highest BCUT2D eigenvalue weighted by molar-refractivity contribution is 7.89. The molecule has 7 heteroatoms. The number of benzene rings is 1. The molecule has 1 aromatic heterocycles. The number of rotatable bonds is 3. The molecule has 3 rings (SSSR count). The number of primary sulfonamides is 1. The Morgan fingerprint density at radius 2 is 1.95 bits per heavy atom. The molecule has 0 unspecified atom stereocenters. The van der Waals surface area contributed by atoms with Gasteiger partial charge >= 0.3 is 0 Å². The molecular formula is C13H14N4O2S. The SMILES string of the molecule is NS(=O)(=O)c1ccc(N/N=C2/CCn3cccc32)cc1. The van der Waals surface area contributed by atoms with Crippen LogP contribution in [0.2, 0.25) is 0 Å². The molecule has 0 fully saturated rings. The lowest BCUT2D eigenvalue weighted by molar-refractivity contribution is 0.598. The summed E-state index contributed by atoms with van der Waals surface area (Å²) < 4.78 is 24.4. The van der Waals surface area contributed by atoms with E-state index in [2.05, 4.69) is 15.1 Å². The zero-order valence-corrected chi connectivity index (χ0v) is 11.5. The molecule has 0 aliphatic carbocycles. The fourth-order valence-corrected chi connectivity index (χ4v) is 2.71. The summed E-state index contributed by atoms with van der Waals surface area (Å²) in [7, 11) is -3.65. The van der Waals surface area contributed by atoms with Crippen LogP contribution in [0.4, 0.5) is 5.69 Å². The van der Waals surface area contributed by atoms with Gasteiger partial charge in [0.05, 0.1) is 22.0 Å². The number of aromatic nitrogens is 1. The zero-order chi connectivity index (χ0) is 14.2. The first-order chi connectivity index (χ1) is 9.54. The Hall–Kier alpha value is -2.12. The van der Waals surface area contributed by atoms with Gasteiger partial charge in [-0.1, -0.05) is 0 Å². The maximum atomic E-state index is 11.1. The van der Waals surface area contributed by atoms with Gasteiger partial charge in [-0.25, -0.2) is 13.6 Å². The van der Waals surface area contributed by atoms with Crippen LogP contribution in [0.1, 0.15) is 12.1 Å². The first-order valence-electron chi connectivity index (χ1n) is 6.15. The molecule has 0 atom stereocenters. The minimum Gasteiger partial charge on any atom is -0.346 e. The van der Waals surface area contributed by atoms with Crippen molar-refractivity contribution in [3.05, 3.63) is 48.3 Å². The summed E-state index contributed by atoms with van der Waals surface area (Å²) in [4.78, 5) is 0.0884. The second kappa shape index (κ2) is 4.77. The maximum absolute atomic E-state index is 11.1. The van der Waals surface area contributed by atoms with Crippen LogP contribution in [0, 0.1) is 0 Å². The van der Waals surface area contributed by atoms with Gasteiger partial charge < -0.3 is 4.57 Å². The molecule has 0 bridgehead atoms. The Labute approximate surface area is 117 Å². The average molecular weight is 290 g/mol. The molecule has 104 valence electrons. The highest BCUT2D eigenvalue weighted by Gasteiger charge is 2.16. The standard InChI is InChI=1S/C13H14N4O2S/c14-20(18,19)11-5-3-10(4-6-11)15-16-12-7-9-17-8-1-2-13(12)17/h1-6,8,15H,7,9H2,(H2,14,18,19)/b16-12-. The van der Waals surface area contributed by atoms with Crippen molar-refractivity contribution in [2.75, 3.05) is 5.43 Å². The van der Waals surface area contributed by atoms with Gasteiger partial charge in [0.15, 0.2) is 0 Å². The summed E-state index contributed by atoms with van der Waals surface area (Å²) in [6.45, 7) is 0.938. The van der Waals surface area contributed by atoms with Gasteiger partial charge in [-0.15, -0.1) is 0 Å². The number of aryl methyl sites for hydroxylation is 1. The highest BCUT2D eigenvalue weighted by Crippen LogP contribution is 2.17. The van der Waals surface area contributed by atoms with E-state index in [0.717, 1.165) is 30.1 Å². The number of nitrogens with two attached hydrogens (primary N) is 1. The second-order valence-corrected chi connectivity index (χ2v) is 6.14. The molecule has 0 saturated carbocycles. The van der Waals surface area contributed by atoms with Gasteiger partial charge in [0.2, 0.25) is 10.0 Å². The Morgan fingerprint density at radius 3 is 2.65 bits per heavy atom. The Kier molecular flexibility index (Phi) is 3.07. The quantitative estimate of drug-likeness (QED) is 0.836. The lowest BCUT2D eigenvalue weighted by Crippen LogP contribution is -2.11. The van der Waals surface area contributed by atoms with E-state index in [1.807, 2.05) is 18.3 Å². The third-order valence-corrected chi connectivity index (χ3v) is 4.15. The van der Waals surface area contributed by atoms with Crippen LogP contribution in [0.15, 0.2) is 52.6 Å². The Balaban J connectivity index is 1.77. The number of nitrogens with zero attached hydrogens (tertiary/aromatic N) is 2. The normalized spacial score (nSPS) is 16.4. The number of hydrogen-bond donors (Lipinski definition) is 2. The maximum Gasteiger partial charge on any atom is 0.238 e.